The van der Waals surface area contributed by atoms with Crippen LogP contribution >= 0.6 is 11.6 Å². The Morgan fingerprint density at radius 3 is 2.44 bits per heavy atom. The van der Waals surface area contributed by atoms with Crippen molar-refractivity contribution < 1.29 is 9.47 Å². The fraction of sp³-hybridized carbons (Fsp3) is 0.333. The highest BCUT2D eigenvalue weighted by Crippen LogP contribution is 2.39. The molecule has 3 nitrogen and oxygen atoms in total. The summed E-state index contributed by atoms with van der Waals surface area (Å²) in [6, 6.07) is 1.84. The number of benzene rings is 1. The van der Waals surface area contributed by atoms with Gasteiger partial charge in [-0.3, -0.25) is 0 Å². The average Bonchev–Trinajstić information content (AvgIpc) is 2.29. The van der Waals surface area contributed by atoms with E-state index in [0.29, 0.717) is 23.1 Å². The van der Waals surface area contributed by atoms with Gasteiger partial charge in [-0.05, 0) is 18.6 Å². The lowest BCUT2D eigenvalue weighted by molar-refractivity contribution is 0.353. The lowest BCUT2D eigenvalue weighted by atomic mass is 10.1. The third-order valence-corrected chi connectivity index (χ3v) is 2.60. The molecule has 2 N–H and O–H groups in total. The smallest absolute Gasteiger partial charge is 0.179 e. The molecule has 0 unspecified atom stereocenters. The Kier molecular flexibility index (Phi) is 4.65. The predicted molar refractivity (Wildman–Crippen MR) is 67.4 cm³/mol. The van der Waals surface area contributed by atoms with Crippen LogP contribution in [0.15, 0.2) is 12.1 Å². The van der Waals surface area contributed by atoms with Crippen LogP contribution in [0.4, 0.5) is 0 Å². The van der Waals surface area contributed by atoms with Gasteiger partial charge in [0.05, 0.1) is 19.2 Å². The fourth-order valence-electron chi connectivity index (χ4n) is 1.52. The zero-order valence-electron chi connectivity index (χ0n) is 9.71. The minimum atomic E-state index is 0.491. The van der Waals surface area contributed by atoms with E-state index < -0.39 is 0 Å². The van der Waals surface area contributed by atoms with Gasteiger partial charge >= 0.3 is 0 Å². The highest BCUT2D eigenvalue weighted by Gasteiger charge is 2.14. The SMILES string of the molecule is COc1c(Cl)cc(/C=C/CN)c(C)c1OC. The first-order chi connectivity index (χ1) is 7.65. The molecule has 0 saturated heterocycles. The molecule has 0 aromatic heterocycles. The highest BCUT2D eigenvalue weighted by atomic mass is 35.5. The molecule has 0 aliphatic carbocycles. The Labute approximate surface area is 101 Å². The molecule has 1 aromatic carbocycles. The highest BCUT2D eigenvalue weighted by molar-refractivity contribution is 6.32. The molecular weight excluding hydrogens is 226 g/mol. The van der Waals surface area contributed by atoms with Gasteiger partial charge in [0.25, 0.3) is 0 Å². The quantitative estimate of drug-likeness (QED) is 0.882. The molecule has 1 rings (SSSR count). The van der Waals surface area contributed by atoms with Gasteiger partial charge in [0.1, 0.15) is 0 Å². The summed E-state index contributed by atoms with van der Waals surface area (Å²) in [5, 5.41) is 0.529. The summed E-state index contributed by atoms with van der Waals surface area (Å²) in [6.45, 7) is 2.44. The summed E-state index contributed by atoms with van der Waals surface area (Å²) in [7, 11) is 3.16. The van der Waals surface area contributed by atoms with Crippen LogP contribution in [-0.4, -0.2) is 20.8 Å². The normalized spacial score (nSPS) is 10.8. The molecule has 4 heteroatoms. The number of ether oxygens (including phenoxy) is 2. The molecule has 16 heavy (non-hydrogen) atoms. The lowest BCUT2D eigenvalue weighted by Crippen LogP contribution is -1.97. The number of halogens is 1. The van der Waals surface area contributed by atoms with Crippen molar-refractivity contribution in [2.75, 3.05) is 20.8 Å². The average molecular weight is 242 g/mol. The molecule has 1 aromatic rings. The summed E-state index contributed by atoms with van der Waals surface area (Å²) in [5.74, 6) is 1.22. The minimum Gasteiger partial charge on any atom is -0.493 e. The van der Waals surface area contributed by atoms with Gasteiger partial charge in [-0.25, -0.2) is 0 Å². The maximum Gasteiger partial charge on any atom is 0.179 e. The van der Waals surface area contributed by atoms with E-state index in [2.05, 4.69) is 0 Å². The summed E-state index contributed by atoms with van der Waals surface area (Å²) < 4.78 is 10.5. The maximum atomic E-state index is 6.09. The Bertz CT molecular complexity index is 402. The zero-order chi connectivity index (χ0) is 12.1. The van der Waals surface area contributed by atoms with E-state index in [0.717, 1.165) is 11.1 Å². The molecule has 0 saturated carbocycles. The first-order valence-corrected chi connectivity index (χ1v) is 5.31. The van der Waals surface area contributed by atoms with Crippen LogP contribution in [0.5, 0.6) is 11.5 Å². The van der Waals surface area contributed by atoms with Crippen molar-refractivity contribution in [1.29, 1.82) is 0 Å². The molecule has 0 atom stereocenters. The van der Waals surface area contributed by atoms with Crippen molar-refractivity contribution in [3.63, 3.8) is 0 Å². The van der Waals surface area contributed by atoms with Gasteiger partial charge in [-0.15, -0.1) is 0 Å². The van der Waals surface area contributed by atoms with Crippen LogP contribution in [0, 0.1) is 6.92 Å². The molecule has 0 heterocycles. The van der Waals surface area contributed by atoms with Crippen molar-refractivity contribution in [2.45, 2.75) is 6.92 Å². The van der Waals surface area contributed by atoms with E-state index in [1.807, 2.05) is 25.1 Å². The topological polar surface area (TPSA) is 44.5 Å². The monoisotopic (exact) mass is 241 g/mol. The maximum absolute atomic E-state index is 6.09. The van der Waals surface area contributed by atoms with E-state index in [1.165, 1.54) is 0 Å². The number of rotatable bonds is 4. The second kappa shape index (κ2) is 5.77. The number of nitrogens with two attached hydrogens (primary N) is 1. The van der Waals surface area contributed by atoms with E-state index in [9.17, 15) is 0 Å². The summed E-state index contributed by atoms with van der Waals surface area (Å²) in [5.41, 5.74) is 7.38. The van der Waals surface area contributed by atoms with Gasteiger partial charge in [0.2, 0.25) is 0 Å². The Hall–Kier alpha value is -1.19. The largest absolute Gasteiger partial charge is 0.493 e. The summed E-state index contributed by atoms with van der Waals surface area (Å²) in [6.07, 6.45) is 3.79. The Morgan fingerprint density at radius 1 is 1.31 bits per heavy atom. The van der Waals surface area contributed by atoms with E-state index in [1.54, 1.807) is 14.2 Å². The number of hydrogen-bond acceptors (Lipinski definition) is 3. The molecule has 0 amide bonds. The van der Waals surface area contributed by atoms with Crippen molar-refractivity contribution in [2.24, 2.45) is 5.73 Å². The van der Waals surface area contributed by atoms with Gasteiger partial charge in [0, 0.05) is 12.1 Å². The minimum absolute atomic E-state index is 0.491. The van der Waals surface area contributed by atoms with Crippen molar-refractivity contribution in [1.82, 2.24) is 0 Å². The number of hydrogen-bond donors (Lipinski definition) is 1. The standard InChI is InChI=1S/C12H16ClNO2/c1-8-9(5-4-6-14)7-10(13)12(16-3)11(8)15-2/h4-5,7H,6,14H2,1-3H3/b5-4+. The molecule has 0 fully saturated rings. The third-order valence-electron chi connectivity index (χ3n) is 2.32. The van der Waals surface area contributed by atoms with E-state index in [4.69, 9.17) is 26.8 Å². The zero-order valence-corrected chi connectivity index (χ0v) is 10.5. The molecular formula is C12H16ClNO2. The molecule has 0 aliphatic heterocycles. The van der Waals surface area contributed by atoms with E-state index >= 15 is 0 Å². The van der Waals surface area contributed by atoms with Gasteiger partial charge in [-0.2, -0.15) is 0 Å². The van der Waals surface area contributed by atoms with Crippen molar-refractivity contribution >= 4 is 17.7 Å². The van der Waals surface area contributed by atoms with Crippen LogP contribution in [0.25, 0.3) is 6.08 Å². The fourth-order valence-corrected chi connectivity index (χ4v) is 1.80. The molecule has 0 spiro atoms. The van der Waals surface area contributed by atoms with Gasteiger partial charge in [0.15, 0.2) is 11.5 Å². The molecule has 0 aliphatic rings. The van der Waals surface area contributed by atoms with Crippen LogP contribution in [0.2, 0.25) is 5.02 Å². The van der Waals surface area contributed by atoms with Crippen molar-refractivity contribution in [3.8, 4) is 11.5 Å². The molecule has 88 valence electrons. The lowest BCUT2D eigenvalue weighted by Gasteiger charge is -2.14. The second-order valence-corrected chi connectivity index (χ2v) is 3.68. The second-order valence-electron chi connectivity index (χ2n) is 3.28. The first-order valence-electron chi connectivity index (χ1n) is 4.93. The van der Waals surface area contributed by atoms with Crippen molar-refractivity contribution in [3.05, 3.63) is 28.3 Å². The summed E-state index contributed by atoms with van der Waals surface area (Å²) in [4.78, 5) is 0. The van der Waals surface area contributed by atoms with Crippen LogP contribution in [0.1, 0.15) is 11.1 Å². The summed E-state index contributed by atoms with van der Waals surface area (Å²) >= 11 is 6.09. The van der Waals surface area contributed by atoms with Gasteiger partial charge < -0.3 is 15.2 Å². The van der Waals surface area contributed by atoms with E-state index in [-0.39, 0.29) is 0 Å². The Balaban J connectivity index is 3.34. The molecule has 0 radical (unpaired) electrons. The first kappa shape index (κ1) is 12.9. The van der Waals surface area contributed by atoms with Gasteiger partial charge in [-0.1, -0.05) is 23.8 Å². The Morgan fingerprint density at radius 2 is 1.94 bits per heavy atom. The van der Waals surface area contributed by atoms with Crippen LogP contribution in [-0.2, 0) is 0 Å². The third kappa shape index (κ3) is 2.49. The predicted octanol–water partition coefficient (Wildman–Crippen LogP) is 2.64. The van der Waals surface area contributed by atoms with Crippen LogP contribution < -0.4 is 15.2 Å². The molecule has 0 bridgehead atoms. The van der Waals surface area contributed by atoms with Crippen LogP contribution in [0.3, 0.4) is 0 Å². The number of methoxy groups -OCH3 is 2.